The summed E-state index contributed by atoms with van der Waals surface area (Å²) in [7, 11) is 1.13. The Bertz CT molecular complexity index is 1530. The molecule has 0 atom stereocenters. The van der Waals surface area contributed by atoms with Crippen LogP contribution in [0.2, 0.25) is 5.02 Å². The number of hydrogen-bond donors (Lipinski definition) is 1. The van der Waals surface area contributed by atoms with Crippen LogP contribution in [0.5, 0.6) is 0 Å². The first-order valence-corrected chi connectivity index (χ1v) is 13.1. The SMILES string of the molecule is COC(=O)C(=Nc1ccccc1)/C(C(=O)C(=O)N(Cc1ccccc1)Cc1ccccc1)=C(/O)c1ccc(Cl)cc1. The van der Waals surface area contributed by atoms with Gasteiger partial charge in [-0.15, -0.1) is 0 Å². The van der Waals surface area contributed by atoms with Crippen molar-refractivity contribution in [3.63, 3.8) is 0 Å². The zero-order valence-corrected chi connectivity index (χ0v) is 23.0. The Hall–Kier alpha value is -5.01. The van der Waals surface area contributed by atoms with E-state index >= 15 is 0 Å². The van der Waals surface area contributed by atoms with E-state index in [1.807, 2.05) is 60.7 Å². The average Bonchev–Trinajstić information content (AvgIpc) is 3.01. The smallest absolute Gasteiger partial charge is 0.357 e. The van der Waals surface area contributed by atoms with Crippen LogP contribution in [0.15, 0.2) is 126 Å². The van der Waals surface area contributed by atoms with E-state index in [2.05, 4.69) is 4.99 Å². The summed E-state index contributed by atoms with van der Waals surface area (Å²) in [6.45, 7) is 0.220. The van der Waals surface area contributed by atoms with Gasteiger partial charge in [-0.3, -0.25) is 9.59 Å². The lowest BCUT2D eigenvalue weighted by atomic mass is 9.98. The monoisotopic (exact) mass is 566 g/mol. The highest BCUT2D eigenvalue weighted by atomic mass is 35.5. The molecule has 0 aliphatic rings. The fraction of sp³-hybridized carbons (Fsp3) is 0.0909. The van der Waals surface area contributed by atoms with Crippen LogP contribution < -0.4 is 0 Å². The zero-order valence-electron chi connectivity index (χ0n) is 22.2. The maximum absolute atomic E-state index is 14.1. The van der Waals surface area contributed by atoms with Crippen LogP contribution in [-0.2, 0) is 32.2 Å². The van der Waals surface area contributed by atoms with E-state index in [9.17, 15) is 19.5 Å². The molecule has 0 saturated carbocycles. The van der Waals surface area contributed by atoms with Crippen LogP contribution in [-0.4, -0.2) is 40.5 Å². The van der Waals surface area contributed by atoms with E-state index in [0.29, 0.717) is 10.7 Å². The molecule has 0 fully saturated rings. The van der Waals surface area contributed by atoms with E-state index in [1.165, 1.54) is 29.2 Å². The predicted molar refractivity (Wildman–Crippen MR) is 159 cm³/mol. The molecule has 1 N–H and O–H groups in total. The molecule has 4 aromatic carbocycles. The summed E-state index contributed by atoms with van der Waals surface area (Å²) in [6, 6.07) is 32.8. The largest absolute Gasteiger partial charge is 0.506 e. The van der Waals surface area contributed by atoms with Crippen LogP contribution >= 0.6 is 11.6 Å². The lowest BCUT2D eigenvalue weighted by Gasteiger charge is -2.23. The second-order valence-corrected chi connectivity index (χ2v) is 9.42. The highest BCUT2D eigenvalue weighted by Gasteiger charge is 2.35. The predicted octanol–water partition coefficient (Wildman–Crippen LogP) is 6.35. The van der Waals surface area contributed by atoms with Gasteiger partial charge in [0.05, 0.1) is 12.8 Å². The Kier molecular flexibility index (Phi) is 9.80. The first-order chi connectivity index (χ1) is 19.9. The maximum atomic E-state index is 14.1. The molecule has 4 rings (SSSR count). The minimum absolute atomic E-state index is 0.110. The van der Waals surface area contributed by atoms with Gasteiger partial charge in [0.1, 0.15) is 11.3 Å². The Balaban J connectivity index is 1.85. The van der Waals surface area contributed by atoms with Gasteiger partial charge in [0.2, 0.25) is 0 Å². The number of aliphatic hydroxyl groups is 1. The minimum atomic E-state index is -1.12. The van der Waals surface area contributed by atoms with Crippen molar-refractivity contribution in [2.45, 2.75) is 13.1 Å². The van der Waals surface area contributed by atoms with Crippen molar-refractivity contribution in [2.24, 2.45) is 4.99 Å². The molecular weight excluding hydrogens is 540 g/mol. The zero-order chi connectivity index (χ0) is 29.2. The number of esters is 1. The second-order valence-electron chi connectivity index (χ2n) is 8.98. The summed E-state index contributed by atoms with van der Waals surface area (Å²) in [4.78, 5) is 46.8. The first kappa shape index (κ1) is 29.0. The topological polar surface area (TPSA) is 96.3 Å². The van der Waals surface area contributed by atoms with Crippen molar-refractivity contribution in [2.75, 3.05) is 7.11 Å². The number of rotatable bonds is 10. The molecular formula is C33H27ClN2O5. The summed E-state index contributed by atoms with van der Waals surface area (Å²) in [5, 5.41) is 11.8. The number of Topliss-reactive ketones (excluding diaryl/α,β-unsaturated/α-hetero) is 1. The molecule has 0 heterocycles. The number of methoxy groups -OCH3 is 1. The number of aliphatic hydroxyl groups excluding tert-OH is 1. The van der Waals surface area contributed by atoms with Crippen molar-refractivity contribution < 1.29 is 24.2 Å². The van der Waals surface area contributed by atoms with Gasteiger partial charge in [-0.05, 0) is 47.5 Å². The Morgan fingerprint density at radius 2 is 1.24 bits per heavy atom. The van der Waals surface area contributed by atoms with Gasteiger partial charge in [0.15, 0.2) is 5.71 Å². The highest BCUT2D eigenvalue weighted by molar-refractivity contribution is 6.60. The second kappa shape index (κ2) is 13.9. The van der Waals surface area contributed by atoms with Gasteiger partial charge in [-0.25, -0.2) is 9.79 Å². The lowest BCUT2D eigenvalue weighted by molar-refractivity contribution is -0.143. The summed E-state index contributed by atoms with van der Waals surface area (Å²) in [6.07, 6.45) is 0. The van der Waals surface area contributed by atoms with Crippen LogP contribution in [0.4, 0.5) is 5.69 Å². The number of benzene rings is 4. The van der Waals surface area contributed by atoms with Crippen LogP contribution in [0, 0.1) is 0 Å². The van der Waals surface area contributed by atoms with Crippen molar-refractivity contribution in [1.29, 1.82) is 0 Å². The molecule has 0 spiro atoms. The molecule has 1 amide bonds. The van der Waals surface area contributed by atoms with E-state index in [0.717, 1.165) is 18.2 Å². The van der Waals surface area contributed by atoms with Gasteiger partial charge in [-0.2, -0.15) is 0 Å². The molecule has 0 bridgehead atoms. The van der Waals surface area contributed by atoms with E-state index in [4.69, 9.17) is 16.3 Å². The fourth-order valence-electron chi connectivity index (χ4n) is 4.07. The Labute approximate surface area is 243 Å². The van der Waals surface area contributed by atoms with Gasteiger partial charge >= 0.3 is 5.97 Å². The standard InChI is InChI=1S/C33H27ClN2O5/c1-41-33(40)29(35-27-15-9-4-10-16-27)28(30(37)25-17-19-26(34)20-18-25)31(38)32(39)36(21-23-11-5-2-6-12-23)22-24-13-7-3-8-14-24/h2-20,37H,21-22H2,1H3/b30-28-,35-29?. The van der Waals surface area contributed by atoms with Gasteiger partial charge in [-0.1, -0.05) is 90.5 Å². The average molecular weight is 567 g/mol. The quantitative estimate of drug-likeness (QED) is 0.0793. The molecule has 0 aromatic heterocycles. The number of halogens is 1. The number of aliphatic imine (C=N–C) groups is 1. The summed E-state index contributed by atoms with van der Waals surface area (Å²) >= 11 is 6.02. The number of ketones is 1. The summed E-state index contributed by atoms with van der Waals surface area (Å²) in [5.74, 6) is -3.66. The molecule has 8 heteroatoms. The third-order valence-corrected chi connectivity index (χ3v) is 6.36. The van der Waals surface area contributed by atoms with Crippen LogP contribution in [0.3, 0.4) is 0 Å². The minimum Gasteiger partial charge on any atom is -0.506 e. The Morgan fingerprint density at radius 1 is 0.756 bits per heavy atom. The van der Waals surface area contributed by atoms with Gasteiger partial charge in [0.25, 0.3) is 11.7 Å². The van der Waals surface area contributed by atoms with Crippen molar-refractivity contribution in [1.82, 2.24) is 4.90 Å². The molecule has 0 aliphatic heterocycles. The number of carbonyl (C=O) groups is 3. The fourth-order valence-corrected chi connectivity index (χ4v) is 4.19. The maximum Gasteiger partial charge on any atom is 0.357 e. The summed E-state index contributed by atoms with van der Waals surface area (Å²) in [5.41, 5.74) is 0.974. The van der Waals surface area contributed by atoms with E-state index in [-0.39, 0.29) is 18.7 Å². The molecule has 0 radical (unpaired) electrons. The molecule has 7 nitrogen and oxygen atoms in total. The lowest BCUT2D eigenvalue weighted by Crippen LogP contribution is -2.39. The molecule has 206 valence electrons. The third kappa shape index (κ3) is 7.56. The number of amides is 1. The van der Waals surface area contributed by atoms with Gasteiger partial charge < -0.3 is 14.7 Å². The number of carbonyl (C=O) groups excluding carboxylic acids is 3. The summed E-state index contributed by atoms with van der Waals surface area (Å²) < 4.78 is 4.94. The van der Waals surface area contributed by atoms with E-state index < -0.39 is 34.7 Å². The molecule has 0 unspecified atom stereocenters. The normalized spacial score (nSPS) is 11.8. The number of para-hydroxylation sites is 1. The number of ether oxygens (including phenoxy) is 1. The van der Waals surface area contributed by atoms with Crippen LogP contribution in [0.25, 0.3) is 5.76 Å². The number of hydrogen-bond acceptors (Lipinski definition) is 6. The van der Waals surface area contributed by atoms with Crippen molar-refractivity contribution in [3.8, 4) is 0 Å². The Morgan fingerprint density at radius 3 is 1.73 bits per heavy atom. The number of nitrogens with zero attached hydrogens (tertiary/aromatic N) is 2. The molecule has 0 saturated heterocycles. The highest BCUT2D eigenvalue weighted by Crippen LogP contribution is 2.24. The van der Waals surface area contributed by atoms with Crippen molar-refractivity contribution >= 4 is 46.4 Å². The van der Waals surface area contributed by atoms with Crippen molar-refractivity contribution in [3.05, 3.63) is 143 Å². The first-order valence-electron chi connectivity index (χ1n) is 12.7. The van der Waals surface area contributed by atoms with Crippen LogP contribution in [0.1, 0.15) is 16.7 Å². The van der Waals surface area contributed by atoms with E-state index in [1.54, 1.807) is 30.3 Å². The molecule has 4 aromatic rings. The third-order valence-electron chi connectivity index (χ3n) is 6.11. The molecule has 41 heavy (non-hydrogen) atoms. The van der Waals surface area contributed by atoms with Gasteiger partial charge in [0, 0.05) is 23.7 Å². The molecule has 0 aliphatic carbocycles.